The highest BCUT2D eigenvalue weighted by Crippen LogP contribution is 2.54. The molecule has 0 aromatic heterocycles. The van der Waals surface area contributed by atoms with Crippen LogP contribution in [0, 0.1) is 11.8 Å². The fourth-order valence-electron chi connectivity index (χ4n) is 4.23. The van der Waals surface area contributed by atoms with Crippen LogP contribution < -0.4 is 5.32 Å². The number of hydrogen-bond acceptors (Lipinski definition) is 5. The van der Waals surface area contributed by atoms with Gasteiger partial charge in [0, 0.05) is 17.9 Å². The molecule has 1 aliphatic heterocycles. The summed E-state index contributed by atoms with van der Waals surface area (Å²) in [5.74, 6) is 0.0878. The molecule has 1 aromatic carbocycles. The van der Waals surface area contributed by atoms with Gasteiger partial charge in [0.15, 0.2) is 0 Å². The van der Waals surface area contributed by atoms with Crippen LogP contribution >= 0.6 is 0 Å². The summed E-state index contributed by atoms with van der Waals surface area (Å²) in [5, 5.41) is 2.97. The molecule has 5 unspecified atom stereocenters. The van der Waals surface area contributed by atoms with Crippen molar-refractivity contribution < 1.29 is 23.8 Å². The minimum atomic E-state index is -0.376. The van der Waals surface area contributed by atoms with Crippen molar-refractivity contribution in [2.45, 2.75) is 44.1 Å². The van der Waals surface area contributed by atoms with E-state index in [0.717, 1.165) is 0 Å². The van der Waals surface area contributed by atoms with Crippen molar-refractivity contribution in [1.82, 2.24) is 5.32 Å². The molecule has 2 saturated carbocycles. The zero-order valence-electron chi connectivity index (χ0n) is 13.5. The monoisotopic (exact) mass is 331 g/mol. The largest absolute Gasteiger partial charge is 0.459 e. The molecule has 128 valence electrons. The standard InChI is InChI=1S/C18H21NO5/c1-2-22-18(21)19-14-12-8-11(9-13(14)16-15(12)24-16)23-17(20)10-6-4-3-5-7-10/h3-7,11-16H,2,8-9H2,1H3,(H,19,21)/t11?,12?,13?,14?,15-,16?/m1/s1. The second-order valence-electron chi connectivity index (χ2n) is 6.65. The lowest BCUT2D eigenvalue weighted by Crippen LogP contribution is -2.50. The van der Waals surface area contributed by atoms with Crippen molar-refractivity contribution in [2.24, 2.45) is 11.8 Å². The Bertz CT molecular complexity index is 616. The van der Waals surface area contributed by atoms with E-state index >= 15 is 0 Å². The third-order valence-corrected chi connectivity index (χ3v) is 5.24. The minimum absolute atomic E-state index is 0.0551. The zero-order valence-corrected chi connectivity index (χ0v) is 13.5. The maximum Gasteiger partial charge on any atom is 0.407 e. The highest BCUT2D eigenvalue weighted by Gasteiger charge is 2.65. The Labute approximate surface area is 140 Å². The summed E-state index contributed by atoms with van der Waals surface area (Å²) in [6.07, 6.45) is 1.30. The molecule has 1 aromatic rings. The van der Waals surface area contributed by atoms with Gasteiger partial charge in [-0.2, -0.15) is 0 Å². The fraction of sp³-hybridized carbons (Fsp3) is 0.556. The van der Waals surface area contributed by atoms with Crippen molar-refractivity contribution in [3.63, 3.8) is 0 Å². The summed E-state index contributed by atoms with van der Waals surface area (Å²) in [5.41, 5.74) is 0.568. The van der Waals surface area contributed by atoms with Crippen LogP contribution in [-0.4, -0.2) is 43.0 Å². The molecule has 6 atom stereocenters. The van der Waals surface area contributed by atoms with Gasteiger partial charge in [0.1, 0.15) is 6.10 Å². The molecule has 0 radical (unpaired) electrons. The molecule has 1 saturated heterocycles. The van der Waals surface area contributed by atoms with Crippen molar-refractivity contribution in [2.75, 3.05) is 6.61 Å². The van der Waals surface area contributed by atoms with Crippen LogP contribution in [0.5, 0.6) is 0 Å². The maximum absolute atomic E-state index is 12.2. The number of amides is 1. The molecule has 4 rings (SSSR count). The molecule has 6 heteroatoms. The summed E-state index contributed by atoms with van der Waals surface area (Å²) < 4.78 is 16.4. The topological polar surface area (TPSA) is 77.2 Å². The summed E-state index contributed by atoms with van der Waals surface area (Å²) in [6, 6.07) is 9.08. The number of benzene rings is 1. The lowest BCUT2D eigenvalue weighted by molar-refractivity contribution is -0.0102. The van der Waals surface area contributed by atoms with E-state index in [1.165, 1.54) is 0 Å². The van der Waals surface area contributed by atoms with Crippen LogP contribution in [-0.2, 0) is 14.2 Å². The van der Waals surface area contributed by atoms with Gasteiger partial charge in [-0.05, 0) is 31.9 Å². The molecule has 6 nitrogen and oxygen atoms in total. The predicted molar refractivity (Wildman–Crippen MR) is 84.5 cm³/mol. The Morgan fingerprint density at radius 2 is 1.83 bits per heavy atom. The number of carbonyl (C=O) groups excluding carboxylic acids is 2. The molecular formula is C18H21NO5. The number of fused-ring (bicyclic) bond motifs is 5. The molecule has 1 heterocycles. The van der Waals surface area contributed by atoms with Gasteiger partial charge in [0.25, 0.3) is 0 Å². The summed E-state index contributed by atoms with van der Waals surface area (Å²) in [4.78, 5) is 24.0. The van der Waals surface area contributed by atoms with Crippen LogP contribution in [0.3, 0.4) is 0 Å². The predicted octanol–water partition coefficient (Wildman–Crippen LogP) is 2.13. The first-order chi connectivity index (χ1) is 11.7. The van der Waals surface area contributed by atoms with E-state index < -0.39 is 0 Å². The van der Waals surface area contributed by atoms with Gasteiger partial charge in [-0.3, -0.25) is 0 Å². The molecule has 3 fully saturated rings. The number of hydrogen-bond donors (Lipinski definition) is 1. The van der Waals surface area contributed by atoms with Crippen molar-refractivity contribution in [1.29, 1.82) is 0 Å². The maximum atomic E-state index is 12.2. The first kappa shape index (κ1) is 15.4. The summed E-state index contributed by atoms with van der Waals surface area (Å²) in [6.45, 7) is 2.14. The van der Waals surface area contributed by atoms with Gasteiger partial charge in [-0.1, -0.05) is 18.2 Å². The number of epoxide rings is 1. The van der Waals surface area contributed by atoms with Gasteiger partial charge < -0.3 is 19.5 Å². The Hall–Kier alpha value is -2.08. The van der Waals surface area contributed by atoms with Gasteiger partial charge in [0.2, 0.25) is 0 Å². The average molecular weight is 331 g/mol. The van der Waals surface area contributed by atoms with Crippen LogP contribution in [0.4, 0.5) is 4.79 Å². The van der Waals surface area contributed by atoms with Gasteiger partial charge in [0.05, 0.1) is 24.4 Å². The smallest absolute Gasteiger partial charge is 0.407 e. The van der Waals surface area contributed by atoms with Crippen LogP contribution in [0.15, 0.2) is 30.3 Å². The van der Waals surface area contributed by atoms with E-state index in [-0.39, 0.29) is 48.3 Å². The lowest BCUT2D eigenvalue weighted by Gasteiger charge is -2.37. The van der Waals surface area contributed by atoms with E-state index in [4.69, 9.17) is 14.2 Å². The highest BCUT2D eigenvalue weighted by atomic mass is 16.6. The Morgan fingerprint density at radius 1 is 1.17 bits per heavy atom. The third-order valence-electron chi connectivity index (χ3n) is 5.24. The molecule has 24 heavy (non-hydrogen) atoms. The average Bonchev–Trinajstić information content (AvgIpc) is 3.33. The first-order valence-electron chi connectivity index (χ1n) is 8.52. The Morgan fingerprint density at radius 3 is 2.46 bits per heavy atom. The summed E-state index contributed by atoms with van der Waals surface area (Å²) in [7, 11) is 0. The number of ether oxygens (including phenoxy) is 3. The molecule has 1 N–H and O–H groups in total. The first-order valence-corrected chi connectivity index (χ1v) is 8.52. The van der Waals surface area contributed by atoms with E-state index in [0.29, 0.717) is 25.0 Å². The lowest BCUT2D eigenvalue weighted by atomic mass is 9.81. The number of carbonyl (C=O) groups is 2. The number of alkyl carbamates (subject to hydrolysis) is 1. The van der Waals surface area contributed by atoms with Crippen molar-refractivity contribution >= 4 is 12.1 Å². The number of esters is 1. The molecular weight excluding hydrogens is 310 g/mol. The van der Waals surface area contributed by atoms with E-state index in [2.05, 4.69) is 5.32 Å². The van der Waals surface area contributed by atoms with E-state index in [1.54, 1.807) is 19.1 Å². The molecule has 0 spiro atoms. The zero-order chi connectivity index (χ0) is 16.7. The summed E-state index contributed by atoms with van der Waals surface area (Å²) >= 11 is 0. The second-order valence-corrected chi connectivity index (χ2v) is 6.65. The Kier molecular flexibility index (Phi) is 3.92. The molecule has 1 amide bonds. The number of nitrogens with one attached hydrogen (secondary N) is 1. The van der Waals surface area contributed by atoms with E-state index in [9.17, 15) is 9.59 Å². The normalized spacial score (nSPS) is 35.7. The fourth-order valence-corrected chi connectivity index (χ4v) is 4.23. The van der Waals surface area contributed by atoms with Crippen LogP contribution in [0.1, 0.15) is 30.1 Å². The van der Waals surface area contributed by atoms with Gasteiger partial charge in [-0.15, -0.1) is 0 Å². The van der Waals surface area contributed by atoms with E-state index in [1.807, 2.05) is 18.2 Å². The molecule has 2 aliphatic carbocycles. The quantitative estimate of drug-likeness (QED) is 0.675. The van der Waals surface area contributed by atoms with Gasteiger partial charge >= 0.3 is 12.1 Å². The minimum Gasteiger partial charge on any atom is -0.459 e. The number of rotatable bonds is 4. The molecule has 2 bridgehead atoms. The second kappa shape index (κ2) is 6.09. The Balaban J connectivity index is 1.39. The van der Waals surface area contributed by atoms with Crippen molar-refractivity contribution in [3.05, 3.63) is 35.9 Å². The third kappa shape index (κ3) is 2.75. The van der Waals surface area contributed by atoms with Crippen LogP contribution in [0.25, 0.3) is 0 Å². The SMILES string of the molecule is CCOC(=O)NC1C2CC(OC(=O)c3ccccc3)CC1[C@H]1OC21. The molecule has 3 aliphatic rings. The van der Waals surface area contributed by atoms with Crippen LogP contribution in [0.2, 0.25) is 0 Å². The highest BCUT2D eigenvalue weighted by molar-refractivity contribution is 5.89. The van der Waals surface area contributed by atoms with Gasteiger partial charge in [-0.25, -0.2) is 9.59 Å². The van der Waals surface area contributed by atoms with Crippen molar-refractivity contribution in [3.8, 4) is 0 Å².